The fourth-order valence-electron chi connectivity index (χ4n) is 2.67. The number of nitrogens with one attached hydrogen (secondary N) is 2. The number of hydrogen-bond acceptors (Lipinski definition) is 4. The van der Waals surface area contributed by atoms with Gasteiger partial charge in [-0.1, -0.05) is 34.5 Å². The third-order valence-electron chi connectivity index (χ3n) is 4.28. The lowest BCUT2D eigenvalue weighted by molar-refractivity contribution is -0.115. The number of anilines is 2. The monoisotopic (exact) mass is 538 g/mol. The average molecular weight is 540 g/mol. The van der Waals surface area contributed by atoms with Gasteiger partial charge in [0.15, 0.2) is 0 Å². The maximum absolute atomic E-state index is 12.7. The van der Waals surface area contributed by atoms with Gasteiger partial charge in [0.05, 0.1) is 10.1 Å². The Bertz CT molecular complexity index is 1140. The Morgan fingerprint density at radius 1 is 0.968 bits per heavy atom. The van der Waals surface area contributed by atoms with Gasteiger partial charge in [-0.05, 0) is 79.2 Å². The fraction of sp³-hybridized carbons (Fsp3) is 0.136. The molecule has 0 aliphatic rings. The van der Waals surface area contributed by atoms with Gasteiger partial charge in [-0.25, -0.2) is 8.42 Å². The summed E-state index contributed by atoms with van der Waals surface area (Å²) >= 11 is 10.7. The molecule has 0 aliphatic carbocycles. The number of halogens is 2. The summed E-state index contributed by atoms with van der Waals surface area (Å²) in [4.78, 5) is 13.7. The molecule has 0 spiro atoms. The van der Waals surface area contributed by atoms with Gasteiger partial charge in [-0.2, -0.15) is 0 Å². The summed E-state index contributed by atoms with van der Waals surface area (Å²) in [7, 11) is -3.73. The van der Waals surface area contributed by atoms with Crippen LogP contribution in [0.25, 0.3) is 0 Å². The first-order valence-corrected chi connectivity index (χ1v) is 12.9. The Hall–Kier alpha value is -2.00. The van der Waals surface area contributed by atoms with Crippen molar-refractivity contribution < 1.29 is 13.2 Å². The minimum Gasteiger partial charge on any atom is -0.325 e. The highest BCUT2D eigenvalue weighted by molar-refractivity contribution is 9.10. The van der Waals surface area contributed by atoms with Gasteiger partial charge in [0.25, 0.3) is 10.0 Å². The quantitative estimate of drug-likeness (QED) is 0.324. The molecule has 1 atom stereocenters. The fourth-order valence-corrected chi connectivity index (χ4v) is 5.08. The summed E-state index contributed by atoms with van der Waals surface area (Å²) in [5.74, 6) is -0.147. The lowest BCUT2D eigenvalue weighted by atomic mass is 10.3. The minimum absolute atomic E-state index is 0.107. The van der Waals surface area contributed by atoms with E-state index in [2.05, 4.69) is 26.0 Å². The number of rotatable bonds is 8. The van der Waals surface area contributed by atoms with Crippen LogP contribution < -0.4 is 10.0 Å². The van der Waals surface area contributed by atoms with Crippen molar-refractivity contribution in [1.82, 2.24) is 0 Å². The molecule has 31 heavy (non-hydrogen) atoms. The molecule has 3 rings (SSSR count). The molecule has 0 radical (unpaired) electrons. The standard InChI is InChI=1S/C22H20BrClN2O3S2/c1-2-21(30-19-11-5-16(24)6-12-19)22(27)25-17-9-13-20(14-10-17)31(28,29)26-18-7-3-15(23)4-8-18/h3-14,21,26H,2H2,1H3,(H,25,27)/t21-/m1/s1. The van der Waals surface area contributed by atoms with Crippen LogP contribution in [-0.2, 0) is 14.8 Å². The van der Waals surface area contributed by atoms with E-state index in [-0.39, 0.29) is 16.1 Å². The van der Waals surface area contributed by atoms with Crippen LogP contribution in [0, 0.1) is 0 Å². The largest absolute Gasteiger partial charge is 0.325 e. The minimum atomic E-state index is -3.73. The number of hydrogen-bond donors (Lipinski definition) is 2. The molecule has 0 bridgehead atoms. The van der Waals surface area contributed by atoms with Gasteiger partial charge in [-0.15, -0.1) is 11.8 Å². The number of benzene rings is 3. The van der Waals surface area contributed by atoms with E-state index in [0.29, 0.717) is 22.8 Å². The molecule has 0 heterocycles. The Labute approximate surface area is 199 Å². The lowest BCUT2D eigenvalue weighted by Crippen LogP contribution is -2.24. The van der Waals surface area contributed by atoms with Crippen molar-refractivity contribution >= 4 is 66.6 Å². The lowest BCUT2D eigenvalue weighted by Gasteiger charge is -2.15. The second-order valence-corrected chi connectivity index (χ2v) is 10.9. The van der Waals surface area contributed by atoms with E-state index in [1.54, 1.807) is 48.5 Å². The number of thioether (sulfide) groups is 1. The van der Waals surface area contributed by atoms with Crippen LogP contribution in [-0.4, -0.2) is 19.6 Å². The summed E-state index contributed by atoms with van der Waals surface area (Å²) in [5.41, 5.74) is 0.994. The Balaban J connectivity index is 1.65. The molecule has 0 unspecified atom stereocenters. The van der Waals surface area contributed by atoms with Crippen molar-refractivity contribution in [2.75, 3.05) is 10.0 Å². The third kappa shape index (κ3) is 6.74. The van der Waals surface area contributed by atoms with Crippen molar-refractivity contribution in [2.45, 2.75) is 28.4 Å². The molecule has 0 aromatic heterocycles. The molecule has 1 amide bonds. The molecule has 0 saturated heterocycles. The van der Waals surface area contributed by atoms with Gasteiger partial charge in [0, 0.05) is 25.8 Å². The van der Waals surface area contributed by atoms with Crippen molar-refractivity contribution in [3.05, 3.63) is 82.3 Å². The summed E-state index contributed by atoms with van der Waals surface area (Å²) in [6.45, 7) is 1.94. The van der Waals surface area contributed by atoms with E-state index in [1.807, 2.05) is 19.1 Å². The molecular formula is C22H20BrClN2O3S2. The van der Waals surface area contributed by atoms with Crippen LogP contribution in [0.3, 0.4) is 0 Å². The summed E-state index contributed by atoms with van der Waals surface area (Å²) in [6, 6.07) is 20.2. The van der Waals surface area contributed by atoms with Crippen LogP contribution in [0.5, 0.6) is 0 Å². The van der Waals surface area contributed by atoms with E-state index in [4.69, 9.17) is 11.6 Å². The first kappa shape index (κ1) is 23.7. The molecule has 3 aromatic rings. The van der Waals surface area contributed by atoms with Gasteiger partial charge in [-0.3, -0.25) is 9.52 Å². The molecule has 0 aliphatic heterocycles. The number of carbonyl (C=O) groups excluding carboxylic acids is 1. The van der Waals surface area contributed by atoms with Crippen molar-refractivity contribution in [1.29, 1.82) is 0 Å². The molecule has 9 heteroatoms. The summed E-state index contributed by atoms with van der Waals surface area (Å²) < 4.78 is 28.5. The Morgan fingerprint density at radius 3 is 2.13 bits per heavy atom. The predicted octanol–water partition coefficient (Wildman–Crippen LogP) is 6.41. The highest BCUT2D eigenvalue weighted by Gasteiger charge is 2.19. The van der Waals surface area contributed by atoms with E-state index in [1.165, 1.54) is 23.9 Å². The third-order valence-corrected chi connectivity index (χ3v) is 7.84. The molecular weight excluding hydrogens is 520 g/mol. The zero-order valence-electron chi connectivity index (χ0n) is 16.5. The topological polar surface area (TPSA) is 75.3 Å². The Kier molecular flexibility index (Phi) is 8.05. The Morgan fingerprint density at radius 2 is 1.55 bits per heavy atom. The van der Waals surface area contributed by atoms with Crippen LogP contribution in [0.15, 0.2) is 87.1 Å². The highest BCUT2D eigenvalue weighted by Crippen LogP contribution is 2.28. The zero-order valence-corrected chi connectivity index (χ0v) is 20.5. The normalized spacial score (nSPS) is 12.2. The number of carbonyl (C=O) groups is 1. The van der Waals surface area contributed by atoms with Crippen LogP contribution in [0.4, 0.5) is 11.4 Å². The first-order chi connectivity index (χ1) is 14.8. The van der Waals surface area contributed by atoms with Crippen molar-refractivity contribution in [3.63, 3.8) is 0 Å². The average Bonchev–Trinajstić information content (AvgIpc) is 2.75. The van der Waals surface area contributed by atoms with Crippen molar-refractivity contribution in [3.8, 4) is 0 Å². The van der Waals surface area contributed by atoms with E-state index < -0.39 is 10.0 Å². The smallest absolute Gasteiger partial charge is 0.261 e. The van der Waals surface area contributed by atoms with Crippen LogP contribution in [0.1, 0.15) is 13.3 Å². The number of amides is 1. The molecule has 162 valence electrons. The van der Waals surface area contributed by atoms with E-state index in [0.717, 1.165) is 9.37 Å². The van der Waals surface area contributed by atoms with Gasteiger partial charge in [0.1, 0.15) is 0 Å². The molecule has 0 saturated carbocycles. The van der Waals surface area contributed by atoms with Gasteiger partial charge in [0.2, 0.25) is 5.91 Å². The zero-order chi connectivity index (χ0) is 22.4. The van der Waals surface area contributed by atoms with Gasteiger partial charge >= 0.3 is 0 Å². The molecule has 0 fully saturated rings. The van der Waals surface area contributed by atoms with Crippen LogP contribution >= 0.6 is 39.3 Å². The molecule has 5 nitrogen and oxygen atoms in total. The SMILES string of the molecule is CC[C@@H](Sc1ccc(Cl)cc1)C(=O)Nc1ccc(S(=O)(=O)Nc2ccc(Br)cc2)cc1. The second-order valence-electron chi connectivity index (χ2n) is 6.59. The summed E-state index contributed by atoms with van der Waals surface area (Å²) in [5, 5.41) is 3.21. The summed E-state index contributed by atoms with van der Waals surface area (Å²) in [6.07, 6.45) is 0.642. The highest BCUT2D eigenvalue weighted by atomic mass is 79.9. The predicted molar refractivity (Wildman–Crippen MR) is 131 cm³/mol. The van der Waals surface area contributed by atoms with Crippen LogP contribution in [0.2, 0.25) is 5.02 Å². The maximum atomic E-state index is 12.7. The second kappa shape index (κ2) is 10.5. The maximum Gasteiger partial charge on any atom is 0.261 e. The van der Waals surface area contributed by atoms with Gasteiger partial charge < -0.3 is 5.32 Å². The molecule has 2 N–H and O–H groups in total. The van der Waals surface area contributed by atoms with E-state index in [9.17, 15) is 13.2 Å². The molecule has 3 aromatic carbocycles. The first-order valence-electron chi connectivity index (χ1n) is 9.38. The van der Waals surface area contributed by atoms with Crippen molar-refractivity contribution in [2.24, 2.45) is 0 Å². The van der Waals surface area contributed by atoms with E-state index >= 15 is 0 Å². The number of sulfonamides is 1.